The van der Waals surface area contributed by atoms with E-state index in [2.05, 4.69) is 26.0 Å². The predicted octanol–water partition coefficient (Wildman–Crippen LogP) is 10.00. The highest BCUT2D eigenvalue weighted by atomic mass is 32.2. The standard InChI is InChI=1S/C37H67NO5S/c1-4-6-8-10-12-14-16-18-20-22-24-32-42-36(40)28-26-30-38(35(39)34-44-3)31-27-29-37(41)43-33-25-23-21-19-17-15-13-11-9-7-5-2/h22-25H,4-21,26-34H2,1-3H3/b24-22+,25-23+. The minimum Gasteiger partial charge on any atom is -0.461 e. The monoisotopic (exact) mass is 637 g/mol. The van der Waals surface area contributed by atoms with Gasteiger partial charge >= 0.3 is 11.9 Å². The molecule has 0 fully saturated rings. The molecule has 0 aromatic rings. The normalized spacial score (nSPS) is 11.4. The quantitative estimate of drug-likeness (QED) is 0.0415. The average Bonchev–Trinajstić information content (AvgIpc) is 3.01. The number of carbonyl (C=O) groups excluding carboxylic acids is 3. The molecule has 0 spiro atoms. The van der Waals surface area contributed by atoms with Crippen LogP contribution >= 0.6 is 11.8 Å². The van der Waals surface area contributed by atoms with Crippen molar-refractivity contribution in [3.8, 4) is 0 Å². The summed E-state index contributed by atoms with van der Waals surface area (Å²) in [6.07, 6.45) is 34.6. The fourth-order valence-electron chi connectivity index (χ4n) is 4.99. The summed E-state index contributed by atoms with van der Waals surface area (Å²) in [5, 5.41) is 0. The Bertz CT molecular complexity index is 687. The van der Waals surface area contributed by atoms with Crippen molar-refractivity contribution in [3.63, 3.8) is 0 Å². The number of unbranched alkanes of at least 4 members (excludes halogenated alkanes) is 16. The topological polar surface area (TPSA) is 72.9 Å². The Morgan fingerprint density at radius 2 is 0.932 bits per heavy atom. The zero-order chi connectivity index (χ0) is 32.4. The van der Waals surface area contributed by atoms with Crippen molar-refractivity contribution in [1.82, 2.24) is 4.90 Å². The van der Waals surface area contributed by atoms with E-state index < -0.39 is 0 Å². The largest absolute Gasteiger partial charge is 0.461 e. The van der Waals surface area contributed by atoms with Crippen LogP contribution in [0.15, 0.2) is 24.3 Å². The first-order chi connectivity index (χ1) is 21.5. The summed E-state index contributed by atoms with van der Waals surface area (Å²) >= 11 is 1.48. The molecule has 7 heteroatoms. The second kappa shape index (κ2) is 34.1. The average molecular weight is 638 g/mol. The summed E-state index contributed by atoms with van der Waals surface area (Å²) in [6.45, 7) is 6.08. The van der Waals surface area contributed by atoms with E-state index in [9.17, 15) is 14.4 Å². The lowest BCUT2D eigenvalue weighted by Crippen LogP contribution is -2.34. The SMILES string of the molecule is CCCCCCCCCC/C=C/COC(=O)CCCN(CCCC(=O)OC/C=C/CCCCCCCCCC)C(=O)CSC. The van der Waals surface area contributed by atoms with E-state index >= 15 is 0 Å². The first-order valence-electron chi connectivity index (χ1n) is 17.9. The van der Waals surface area contributed by atoms with Crippen molar-refractivity contribution < 1.29 is 23.9 Å². The molecule has 1 amide bonds. The number of hydrogen-bond donors (Lipinski definition) is 0. The highest BCUT2D eigenvalue weighted by Crippen LogP contribution is 2.11. The maximum atomic E-state index is 12.5. The Morgan fingerprint density at radius 1 is 0.545 bits per heavy atom. The van der Waals surface area contributed by atoms with E-state index in [0.717, 1.165) is 12.8 Å². The van der Waals surface area contributed by atoms with Crippen LogP contribution < -0.4 is 0 Å². The highest BCUT2D eigenvalue weighted by Gasteiger charge is 2.14. The smallest absolute Gasteiger partial charge is 0.306 e. The highest BCUT2D eigenvalue weighted by molar-refractivity contribution is 7.99. The molecular formula is C37H67NO5S. The van der Waals surface area contributed by atoms with Crippen LogP contribution in [0.25, 0.3) is 0 Å². The van der Waals surface area contributed by atoms with Crippen molar-refractivity contribution in [3.05, 3.63) is 24.3 Å². The van der Waals surface area contributed by atoms with E-state index in [4.69, 9.17) is 9.47 Å². The number of ether oxygens (including phenoxy) is 2. The molecule has 0 rings (SSSR count). The van der Waals surface area contributed by atoms with Crippen LogP contribution in [0.5, 0.6) is 0 Å². The molecule has 0 heterocycles. The molecule has 0 aliphatic carbocycles. The van der Waals surface area contributed by atoms with Crippen molar-refractivity contribution in [2.45, 2.75) is 155 Å². The lowest BCUT2D eigenvalue weighted by Gasteiger charge is -2.22. The van der Waals surface area contributed by atoms with E-state index in [0.29, 0.717) is 44.9 Å². The molecule has 0 unspecified atom stereocenters. The van der Waals surface area contributed by atoms with Gasteiger partial charge in [-0.3, -0.25) is 14.4 Å². The minimum atomic E-state index is -0.238. The summed E-state index contributed by atoms with van der Waals surface area (Å²) in [4.78, 5) is 38.6. The zero-order valence-electron chi connectivity index (χ0n) is 28.8. The number of thioether (sulfide) groups is 1. The van der Waals surface area contributed by atoms with Gasteiger partial charge in [-0.15, -0.1) is 0 Å². The molecule has 0 aromatic carbocycles. The van der Waals surface area contributed by atoms with Gasteiger partial charge in [0, 0.05) is 25.9 Å². The number of hydrogen-bond acceptors (Lipinski definition) is 6. The van der Waals surface area contributed by atoms with Gasteiger partial charge in [-0.1, -0.05) is 128 Å². The second-order valence-corrected chi connectivity index (χ2v) is 12.7. The Balaban J connectivity index is 3.96. The van der Waals surface area contributed by atoms with E-state index in [1.807, 2.05) is 18.4 Å². The third-order valence-corrected chi connectivity index (χ3v) is 8.24. The van der Waals surface area contributed by atoms with Crippen LogP contribution in [0.2, 0.25) is 0 Å². The zero-order valence-corrected chi connectivity index (χ0v) is 29.6. The van der Waals surface area contributed by atoms with Crippen LogP contribution in [0, 0.1) is 0 Å². The Morgan fingerprint density at radius 3 is 1.32 bits per heavy atom. The third-order valence-electron chi connectivity index (χ3n) is 7.70. The molecule has 0 aromatic heterocycles. The molecule has 0 aliphatic rings. The van der Waals surface area contributed by atoms with Crippen LogP contribution in [-0.2, 0) is 23.9 Å². The van der Waals surface area contributed by atoms with Crippen molar-refractivity contribution in [2.75, 3.05) is 38.3 Å². The van der Waals surface area contributed by atoms with E-state index in [-0.39, 0.29) is 30.7 Å². The van der Waals surface area contributed by atoms with Crippen LogP contribution in [0.4, 0.5) is 0 Å². The Kier molecular flexibility index (Phi) is 32.8. The molecule has 6 nitrogen and oxygen atoms in total. The molecule has 0 saturated carbocycles. The fourth-order valence-corrected chi connectivity index (χ4v) is 5.42. The lowest BCUT2D eigenvalue weighted by atomic mass is 10.1. The maximum absolute atomic E-state index is 12.5. The molecular weight excluding hydrogens is 570 g/mol. The van der Waals surface area contributed by atoms with Crippen LogP contribution in [0.1, 0.15) is 155 Å². The van der Waals surface area contributed by atoms with Crippen molar-refractivity contribution in [1.29, 1.82) is 0 Å². The summed E-state index contributed by atoms with van der Waals surface area (Å²) in [5.41, 5.74) is 0. The van der Waals surface area contributed by atoms with Gasteiger partial charge < -0.3 is 14.4 Å². The van der Waals surface area contributed by atoms with Gasteiger partial charge in [0.05, 0.1) is 5.75 Å². The molecule has 44 heavy (non-hydrogen) atoms. The van der Waals surface area contributed by atoms with Crippen molar-refractivity contribution >= 4 is 29.6 Å². The van der Waals surface area contributed by atoms with Gasteiger partial charge in [-0.25, -0.2) is 0 Å². The fraction of sp³-hybridized carbons (Fsp3) is 0.811. The number of rotatable bonds is 32. The number of carbonyl (C=O) groups is 3. The van der Waals surface area contributed by atoms with Gasteiger partial charge in [0.2, 0.25) is 5.91 Å². The van der Waals surface area contributed by atoms with E-state index in [1.54, 1.807) is 4.90 Å². The maximum Gasteiger partial charge on any atom is 0.306 e. The molecule has 0 aliphatic heterocycles. The Hall–Kier alpha value is -1.76. The van der Waals surface area contributed by atoms with Gasteiger partial charge in [-0.05, 0) is 44.8 Å². The Labute approximate surface area is 275 Å². The van der Waals surface area contributed by atoms with Gasteiger partial charge in [0.25, 0.3) is 0 Å². The third kappa shape index (κ3) is 30.3. The summed E-state index contributed by atoms with van der Waals surface area (Å²) in [7, 11) is 0. The van der Waals surface area contributed by atoms with Crippen LogP contribution in [0.3, 0.4) is 0 Å². The first kappa shape index (κ1) is 42.2. The minimum absolute atomic E-state index is 0.0343. The van der Waals surface area contributed by atoms with E-state index in [1.165, 1.54) is 114 Å². The summed E-state index contributed by atoms with van der Waals surface area (Å²) in [6, 6.07) is 0. The molecule has 0 atom stereocenters. The molecule has 0 N–H and O–H groups in total. The lowest BCUT2D eigenvalue weighted by molar-refractivity contribution is -0.143. The van der Waals surface area contributed by atoms with Gasteiger partial charge in [0.1, 0.15) is 13.2 Å². The number of allylic oxidation sites excluding steroid dienone is 2. The predicted molar refractivity (Wildman–Crippen MR) is 188 cm³/mol. The first-order valence-corrected chi connectivity index (χ1v) is 19.3. The molecule has 0 radical (unpaired) electrons. The number of esters is 2. The molecule has 0 bridgehead atoms. The van der Waals surface area contributed by atoms with Gasteiger partial charge in [0.15, 0.2) is 0 Å². The number of amides is 1. The second-order valence-electron chi connectivity index (χ2n) is 11.9. The summed E-state index contributed by atoms with van der Waals surface area (Å²) < 4.78 is 10.6. The van der Waals surface area contributed by atoms with Gasteiger partial charge in [-0.2, -0.15) is 11.8 Å². The molecule has 0 saturated heterocycles. The number of nitrogens with zero attached hydrogens (tertiary/aromatic N) is 1. The summed E-state index contributed by atoms with van der Waals surface area (Å²) in [5.74, 6) is -0.0505. The van der Waals surface area contributed by atoms with Crippen LogP contribution in [-0.4, -0.2) is 61.1 Å². The van der Waals surface area contributed by atoms with Crippen molar-refractivity contribution in [2.24, 2.45) is 0 Å². The molecule has 256 valence electrons.